The molecule has 0 saturated carbocycles. The van der Waals surface area contributed by atoms with Crippen molar-refractivity contribution in [2.75, 3.05) is 61.5 Å². The fourth-order valence-electron chi connectivity index (χ4n) is 9.40. The van der Waals surface area contributed by atoms with E-state index in [4.69, 9.17) is 11.6 Å². The Labute approximate surface area is 385 Å². The van der Waals surface area contributed by atoms with E-state index in [0.717, 1.165) is 92.9 Å². The molecule has 4 saturated heterocycles. The van der Waals surface area contributed by atoms with Gasteiger partial charge in [0.2, 0.25) is 23.6 Å². The molecule has 3 N–H and O–H groups in total. The minimum atomic E-state index is -4.34. The van der Waals surface area contributed by atoms with E-state index in [1.807, 2.05) is 40.9 Å². The molecule has 338 valence electrons. The summed E-state index contributed by atoms with van der Waals surface area (Å²) in [7, 11) is 0. The van der Waals surface area contributed by atoms with Crippen molar-refractivity contribution in [1.82, 2.24) is 20.9 Å². The third kappa shape index (κ3) is 9.98. The van der Waals surface area contributed by atoms with Gasteiger partial charge in [-0.15, -0.1) is 11.6 Å². The zero-order chi connectivity index (χ0) is 45.1. The maximum Gasteiger partial charge on any atom is 0.416 e. The predicted molar refractivity (Wildman–Crippen MR) is 246 cm³/mol. The quantitative estimate of drug-likeness (QED) is 0.122. The van der Waals surface area contributed by atoms with Crippen molar-refractivity contribution in [2.24, 2.45) is 10.8 Å². The summed E-state index contributed by atoms with van der Waals surface area (Å²) in [6.07, 6.45) is 1.36. The average molecular weight is 934 g/mol. The van der Waals surface area contributed by atoms with E-state index in [1.165, 1.54) is 44.6 Å². The molecule has 0 aromatic heterocycles. The van der Waals surface area contributed by atoms with Crippen LogP contribution in [0.4, 0.5) is 35.9 Å². The van der Waals surface area contributed by atoms with E-state index in [9.17, 15) is 32.3 Å². The number of likely N-dealkylation sites (tertiary alicyclic amines) is 1. The molecular formula is C48H52ClF3N6O4S2. The second-order valence-corrected chi connectivity index (χ2v) is 19.8. The Morgan fingerprint density at radius 3 is 1.66 bits per heavy atom. The summed E-state index contributed by atoms with van der Waals surface area (Å²) in [5.74, 6) is 0.140. The topological polar surface area (TPSA) is 114 Å². The van der Waals surface area contributed by atoms with Gasteiger partial charge >= 0.3 is 6.18 Å². The molecule has 2 spiro atoms. The van der Waals surface area contributed by atoms with Crippen LogP contribution in [0, 0.1) is 17.8 Å². The van der Waals surface area contributed by atoms with E-state index in [2.05, 4.69) is 75.1 Å². The standard InChI is InChI=1S/C24H27N3O2S.C16H13ClF3NS.C8H12N2O2/c1-17-7-8-21-19(15-17)27(18-5-2-3-6-20(18)30-21)12-4-11-26-13-9-24(10-14-26)16-22(28)25-23(24)29;17-8-3-9-21-12-4-1-2-5-14(12)22-15-7-6-11(10-13(15)21)16(18,19)20;11-6-5-8(7(12)10-6)1-3-9-4-2-8/h2-3,5-8,15H,4,9-14,16H2,1H3,(H,25,28,29);1-2,4-7,10H,3,8-9H2;9H,1-5H2,(H,10,11,12). The van der Waals surface area contributed by atoms with Crippen molar-refractivity contribution < 1.29 is 32.3 Å². The zero-order valence-electron chi connectivity index (χ0n) is 35.7. The van der Waals surface area contributed by atoms with Gasteiger partial charge < -0.3 is 20.0 Å². The highest BCUT2D eigenvalue weighted by Crippen LogP contribution is 2.50. The number of halogens is 4. The number of piperidine rings is 2. The zero-order valence-corrected chi connectivity index (χ0v) is 38.1. The number of nitrogens with one attached hydrogen (secondary N) is 3. The maximum atomic E-state index is 13.0. The Balaban J connectivity index is 0.000000144. The monoisotopic (exact) mass is 932 g/mol. The summed E-state index contributed by atoms with van der Waals surface area (Å²) in [4.78, 5) is 57.5. The van der Waals surface area contributed by atoms with Gasteiger partial charge in [-0.3, -0.25) is 29.8 Å². The van der Waals surface area contributed by atoms with Crippen molar-refractivity contribution >= 4 is 81.5 Å². The lowest BCUT2D eigenvalue weighted by Crippen LogP contribution is -2.44. The predicted octanol–water partition coefficient (Wildman–Crippen LogP) is 9.46. The first-order valence-electron chi connectivity index (χ1n) is 21.9. The van der Waals surface area contributed by atoms with Gasteiger partial charge in [0.25, 0.3) is 0 Å². The first kappa shape index (κ1) is 46.0. The molecule has 0 radical (unpaired) electrons. The highest BCUT2D eigenvalue weighted by molar-refractivity contribution is 8.00. The largest absolute Gasteiger partial charge is 0.416 e. The first-order chi connectivity index (χ1) is 30.8. The number of hydrogen-bond acceptors (Lipinski definition) is 10. The van der Waals surface area contributed by atoms with Crippen molar-refractivity contribution in [3.8, 4) is 0 Å². The number of rotatable bonds is 7. The SMILES string of the molecule is Cc1ccc2c(c1)N(CCCN1CCC3(CC1)CC(=O)NC3=O)c1ccccc1S2.FC(F)(F)c1ccc2c(c1)N(CCCCl)c1ccccc1S2.O=C1CC2(CCNCC2)C(=O)N1. The van der Waals surface area contributed by atoms with Gasteiger partial charge in [-0.2, -0.15) is 13.2 Å². The van der Waals surface area contributed by atoms with E-state index >= 15 is 0 Å². The summed E-state index contributed by atoms with van der Waals surface area (Å²) in [5.41, 5.74) is 3.99. The Morgan fingerprint density at radius 1 is 0.625 bits per heavy atom. The molecule has 4 amide bonds. The number of nitrogens with zero attached hydrogens (tertiary/aromatic N) is 3. The summed E-state index contributed by atoms with van der Waals surface area (Å²) < 4.78 is 39.0. The van der Waals surface area contributed by atoms with Crippen LogP contribution in [0.25, 0.3) is 0 Å². The molecule has 6 heterocycles. The minimum Gasteiger partial charge on any atom is -0.340 e. The van der Waals surface area contributed by atoms with Gasteiger partial charge in [-0.05, 0) is 138 Å². The number of benzene rings is 4. The van der Waals surface area contributed by atoms with Crippen LogP contribution in [-0.4, -0.2) is 80.2 Å². The normalized spacial score (nSPS) is 19.4. The smallest absolute Gasteiger partial charge is 0.340 e. The Bertz CT molecular complexity index is 2410. The third-order valence-corrected chi connectivity index (χ3v) is 15.5. The average Bonchev–Trinajstić information content (AvgIpc) is 3.72. The molecule has 0 bridgehead atoms. The van der Waals surface area contributed by atoms with Crippen LogP contribution >= 0.6 is 35.1 Å². The highest BCUT2D eigenvalue weighted by Gasteiger charge is 2.48. The molecule has 4 fully saturated rings. The number of carbonyl (C=O) groups is 4. The molecule has 6 aliphatic heterocycles. The van der Waals surface area contributed by atoms with Gasteiger partial charge in [-0.1, -0.05) is 53.9 Å². The fraction of sp³-hybridized carbons (Fsp3) is 0.417. The molecule has 4 aromatic carbocycles. The highest BCUT2D eigenvalue weighted by atomic mass is 35.5. The van der Waals surface area contributed by atoms with Crippen LogP contribution in [0.5, 0.6) is 0 Å². The van der Waals surface area contributed by atoms with Crippen LogP contribution in [0.1, 0.15) is 62.5 Å². The Kier molecular flexibility index (Phi) is 14.0. The van der Waals surface area contributed by atoms with Gasteiger partial charge in [-0.25, -0.2) is 0 Å². The molecular weight excluding hydrogens is 881 g/mol. The van der Waals surface area contributed by atoms with Crippen molar-refractivity contribution in [3.05, 3.63) is 96.1 Å². The molecule has 64 heavy (non-hydrogen) atoms. The van der Waals surface area contributed by atoms with Crippen LogP contribution < -0.4 is 25.8 Å². The van der Waals surface area contributed by atoms with Crippen LogP contribution in [0.2, 0.25) is 0 Å². The lowest BCUT2D eigenvalue weighted by Gasteiger charge is -2.37. The molecule has 10 nitrogen and oxygen atoms in total. The molecule has 0 aliphatic carbocycles. The number of para-hydroxylation sites is 2. The van der Waals surface area contributed by atoms with E-state index < -0.39 is 17.2 Å². The second-order valence-electron chi connectivity index (χ2n) is 17.3. The van der Waals surface area contributed by atoms with E-state index in [0.29, 0.717) is 37.4 Å². The molecule has 0 unspecified atom stereocenters. The summed E-state index contributed by atoms with van der Waals surface area (Å²) in [6.45, 7) is 8.20. The van der Waals surface area contributed by atoms with Gasteiger partial charge in [0.15, 0.2) is 0 Å². The number of fused-ring (bicyclic) bond motifs is 4. The van der Waals surface area contributed by atoms with Crippen molar-refractivity contribution in [3.63, 3.8) is 0 Å². The third-order valence-electron chi connectivity index (χ3n) is 12.9. The molecule has 4 aromatic rings. The van der Waals surface area contributed by atoms with Crippen LogP contribution in [-0.2, 0) is 25.4 Å². The first-order valence-corrected chi connectivity index (χ1v) is 24.0. The minimum absolute atomic E-state index is 0.0541. The summed E-state index contributed by atoms with van der Waals surface area (Å²) in [5, 5.41) is 8.05. The second kappa shape index (κ2) is 19.5. The fourth-order valence-corrected chi connectivity index (χ4v) is 11.7. The number of amides is 4. The Hall–Kier alpha value is -4.54. The number of carbonyl (C=O) groups excluding carboxylic acids is 4. The van der Waals surface area contributed by atoms with Gasteiger partial charge in [0.1, 0.15) is 0 Å². The van der Waals surface area contributed by atoms with Gasteiger partial charge in [0, 0.05) is 51.4 Å². The summed E-state index contributed by atoms with van der Waals surface area (Å²) >= 11 is 9.11. The van der Waals surface area contributed by atoms with Crippen molar-refractivity contribution in [1.29, 1.82) is 0 Å². The summed E-state index contributed by atoms with van der Waals surface area (Å²) in [6, 6.07) is 27.0. The molecule has 16 heteroatoms. The number of hydrogen-bond donors (Lipinski definition) is 3. The molecule has 10 rings (SSSR count). The van der Waals surface area contributed by atoms with Crippen LogP contribution in [0.3, 0.4) is 0 Å². The van der Waals surface area contributed by atoms with E-state index in [1.54, 1.807) is 6.07 Å². The number of aryl methyl sites for hydroxylation is 1. The Morgan fingerprint density at radius 2 is 1.12 bits per heavy atom. The number of alkyl halides is 4. The lowest BCUT2D eigenvalue weighted by atomic mass is 9.77. The van der Waals surface area contributed by atoms with Gasteiger partial charge in [0.05, 0.1) is 39.1 Å². The number of anilines is 4. The van der Waals surface area contributed by atoms with Crippen molar-refractivity contribution in [2.45, 2.75) is 84.0 Å². The van der Waals surface area contributed by atoms with Crippen LogP contribution in [0.15, 0.2) is 105 Å². The number of imide groups is 2. The molecule has 0 atom stereocenters. The lowest BCUT2D eigenvalue weighted by molar-refractivity contribution is -0.137. The van der Waals surface area contributed by atoms with E-state index in [-0.39, 0.29) is 29.0 Å². The molecule has 6 aliphatic rings. The maximum absolute atomic E-state index is 13.0.